The van der Waals surface area contributed by atoms with E-state index in [9.17, 15) is 8.42 Å². The van der Waals surface area contributed by atoms with E-state index in [4.69, 9.17) is 11.6 Å². The molecule has 1 aliphatic heterocycles. The van der Waals surface area contributed by atoms with E-state index in [0.29, 0.717) is 10.0 Å². The second-order valence-electron chi connectivity index (χ2n) is 5.55. The third-order valence-electron chi connectivity index (χ3n) is 3.83. The molecule has 1 fully saturated rings. The number of sulfone groups is 1. The molecular weight excluding hydrogens is 308 g/mol. The van der Waals surface area contributed by atoms with Crippen molar-refractivity contribution in [2.24, 2.45) is 0 Å². The molecular formula is C15H17ClN2O2S. The summed E-state index contributed by atoms with van der Waals surface area (Å²) in [6.07, 6.45) is 3.65. The maximum Gasteiger partial charge on any atom is 0.175 e. The molecule has 0 amide bonds. The lowest BCUT2D eigenvalue weighted by Crippen LogP contribution is -2.18. The van der Waals surface area contributed by atoms with Crippen LogP contribution in [0.25, 0.3) is 10.9 Å². The number of hydrogen-bond acceptors (Lipinski definition) is 4. The first kappa shape index (κ1) is 14.8. The topological polar surface area (TPSA) is 50.3 Å². The van der Waals surface area contributed by atoms with Gasteiger partial charge in [0.15, 0.2) is 9.84 Å². The van der Waals surface area contributed by atoms with Crippen molar-refractivity contribution >= 4 is 32.3 Å². The maximum absolute atomic E-state index is 11.7. The number of benzene rings is 1. The molecule has 2 heterocycles. The number of fused-ring (bicyclic) bond motifs is 1. The van der Waals surface area contributed by atoms with Gasteiger partial charge in [0, 0.05) is 23.8 Å². The molecule has 0 saturated carbocycles. The van der Waals surface area contributed by atoms with E-state index in [1.54, 1.807) is 18.2 Å². The Balaban J connectivity index is 2.02. The molecule has 6 heteroatoms. The Kier molecular flexibility index (Phi) is 3.90. The smallest absolute Gasteiger partial charge is 0.175 e. The van der Waals surface area contributed by atoms with Crippen molar-refractivity contribution in [2.75, 3.05) is 19.3 Å². The minimum Gasteiger partial charge on any atom is -0.299 e. The van der Waals surface area contributed by atoms with Gasteiger partial charge in [0.25, 0.3) is 0 Å². The van der Waals surface area contributed by atoms with E-state index in [2.05, 4.69) is 9.88 Å². The molecule has 21 heavy (non-hydrogen) atoms. The van der Waals surface area contributed by atoms with Gasteiger partial charge < -0.3 is 0 Å². The van der Waals surface area contributed by atoms with E-state index in [0.717, 1.165) is 36.1 Å². The highest BCUT2D eigenvalue weighted by Gasteiger charge is 2.15. The van der Waals surface area contributed by atoms with Crippen LogP contribution in [-0.2, 0) is 16.4 Å². The zero-order chi connectivity index (χ0) is 15.0. The first-order valence-electron chi connectivity index (χ1n) is 6.95. The number of aromatic nitrogens is 1. The Morgan fingerprint density at radius 3 is 2.62 bits per heavy atom. The van der Waals surface area contributed by atoms with Crippen molar-refractivity contribution in [3.05, 3.63) is 35.0 Å². The van der Waals surface area contributed by atoms with Gasteiger partial charge in [0.2, 0.25) is 0 Å². The summed E-state index contributed by atoms with van der Waals surface area (Å²) >= 11 is 6.26. The SMILES string of the molecule is CS(=O)(=O)c1ccc2nc(Cl)c(CN3CCCC3)cc2c1. The predicted octanol–water partition coefficient (Wildman–Crippen LogP) is 2.89. The Labute approximate surface area is 129 Å². The van der Waals surface area contributed by atoms with Gasteiger partial charge in [0.1, 0.15) is 5.15 Å². The summed E-state index contributed by atoms with van der Waals surface area (Å²) in [6, 6.07) is 6.90. The van der Waals surface area contributed by atoms with E-state index in [1.165, 1.54) is 19.1 Å². The summed E-state index contributed by atoms with van der Waals surface area (Å²) in [4.78, 5) is 7.04. The second kappa shape index (κ2) is 5.55. The molecule has 1 aromatic carbocycles. The van der Waals surface area contributed by atoms with E-state index < -0.39 is 9.84 Å². The van der Waals surface area contributed by atoms with Gasteiger partial charge in [-0.05, 0) is 50.2 Å². The summed E-state index contributed by atoms with van der Waals surface area (Å²) in [6.45, 7) is 2.93. The van der Waals surface area contributed by atoms with Crippen molar-refractivity contribution in [1.29, 1.82) is 0 Å². The van der Waals surface area contributed by atoms with Crippen LogP contribution in [0.5, 0.6) is 0 Å². The molecule has 2 aromatic rings. The Bertz CT molecular complexity index is 784. The molecule has 112 valence electrons. The minimum absolute atomic E-state index is 0.311. The number of likely N-dealkylation sites (tertiary alicyclic amines) is 1. The fourth-order valence-electron chi connectivity index (χ4n) is 2.70. The summed E-state index contributed by atoms with van der Waals surface area (Å²) in [5, 5.41) is 1.32. The highest BCUT2D eigenvalue weighted by atomic mass is 35.5. The number of nitrogens with zero attached hydrogens (tertiary/aromatic N) is 2. The zero-order valence-electron chi connectivity index (χ0n) is 11.8. The summed E-state index contributed by atoms with van der Waals surface area (Å²) in [7, 11) is -3.21. The maximum atomic E-state index is 11.7. The number of pyridine rings is 1. The average Bonchev–Trinajstić information content (AvgIpc) is 2.91. The predicted molar refractivity (Wildman–Crippen MR) is 84.4 cm³/mol. The molecule has 4 nitrogen and oxygen atoms in total. The van der Waals surface area contributed by atoms with Gasteiger partial charge >= 0.3 is 0 Å². The molecule has 0 N–H and O–H groups in total. The van der Waals surface area contributed by atoms with Crippen molar-refractivity contribution in [1.82, 2.24) is 9.88 Å². The molecule has 0 unspecified atom stereocenters. The molecule has 0 bridgehead atoms. The van der Waals surface area contributed by atoms with Crippen molar-refractivity contribution < 1.29 is 8.42 Å². The Morgan fingerprint density at radius 2 is 1.95 bits per heavy atom. The molecule has 3 rings (SSSR count). The summed E-state index contributed by atoms with van der Waals surface area (Å²) < 4.78 is 23.3. The third-order valence-corrected chi connectivity index (χ3v) is 5.27. The van der Waals surface area contributed by atoms with E-state index >= 15 is 0 Å². The Hall–Kier alpha value is -1.17. The first-order chi connectivity index (χ1) is 9.93. The average molecular weight is 325 g/mol. The van der Waals surface area contributed by atoms with Crippen molar-refractivity contribution in [3.8, 4) is 0 Å². The van der Waals surface area contributed by atoms with Gasteiger partial charge in [-0.3, -0.25) is 4.90 Å². The van der Waals surface area contributed by atoms with Gasteiger partial charge in [0.05, 0.1) is 10.4 Å². The van der Waals surface area contributed by atoms with Crippen molar-refractivity contribution in [3.63, 3.8) is 0 Å². The minimum atomic E-state index is -3.21. The molecule has 1 aliphatic rings. The molecule has 0 atom stereocenters. The highest BCUT2D eigenvalue weighted by molar-refractivity contribution is 7.90. The fourth-order valence-corrected chi connectivity index (χ4v) is 3.56. The van der Waals surface area contributed by atoms with Gasteiger partial charge in [-0.1, -0.05) is 11.6 Å². The van der Waals surface area contributed by atoms with Crippen LogP contribution in [0.1, 0.15) is 18.4 Å². The monoisotopic (exact) mass is 324 g/mol. The normalized spacial score (nSPS) is 16.7. The lowest BCUT2D eigenvalue weighted by Gasteiger charge is -2.15. The van der Waals surface area contributed by atoms with Crippen LogP contribution in [0.3, 0.4) is 0 Å². The number of rotatable bonds is 3. The van der Waals surface area contributed by atoms with Crippen LogP contribution in [0.4, 0.5) is 0 Å². The number of halogens is 1. The molecule has 1 saturated heterocycles. The molecule has 0 radical (unpaired) electrons. The van der Waals surface area contributed by atoms with Gasteiger partial charge in [-0.25, -0.2) is 13.4 Å². The molecule has 0 spiro atoms. The zero-order valence-corrected chi connectivity index (χ0v) is 13.4. The van der Waals surface area contributed by atoms with Crippen LogP contribution in [0.2, 0.25) is 5.15 Å². The highest BCUT2D eigenvalue weighted by Crippen LogP contribution is 2.25. The standard InChI is InChI=1S/C15H17ClN2O2S/c1-21(19,20)13-4-5-14-11(9-13)8-12(15(16)17-14)10-18-6-2-3-7-18/h4-5,8-9H,2-3,6-7,10H2,1H3. The van der Waals surface area contributed by atoms with Crippen LogP contribution in [0, 0.1) is 0 Å². The van der Waals surface area contributed by atoms with Gasteiger partial charge in [-0.15, -0.1) is 0 Å². The number of hydrogen-bond donors (Lipinski definition) is 0. The van der Waals surface area contributed by atoms with Crippen LogP contribution >= 0.6 is 11.6 Å². The van der Waals surface area contributed by atoms with Gasteiger partial charge in [-0.2, -0.15) is 0 Å². The van der Waals surface area contributed by atoms with E-state index in [1.807, 2.05) is 6.07 Å². The van der Waals surface area contributed by atoms with E-state index in [-0.39, 0.29) is 0 Å². The fraction of sp³-hybridized carbons (Fsp3) is 0.400. The quantitative estimate of drug-likeness (QED) is 0.815. The van der Waals surface area contributed by atoms with Crippen molar-refractivity contribution in [2.45, 2.75) is 24.3 Å². The third kappa shape index (κ3) is 3.20. The molecule has 1 aromatic heterocycles. The summed E-state index contributed by atoms with van der Waals surface area (Å²) in [5.41, 5.74) is 1.68. The lowest BCUT2D eigenvalue weighted by molar-refractivity contribution is 0.331. The lowest BCUT2D eigenvalue weighted by atomic mass is 10.1. The largest absolute Gasteiger partial charge is 0.299 e. The summed E-state index contributed by atoms with van der Waals surface area (Å²) in [5.74, 6) is 0. The Morgan fingerprint density at radius 1 is 1.24 bits per heavy atom. The molecule has 0 aliphatic carbocycles. The van der Waals surface area contributed by atoms with Crippen LogP contribution in [-0.4, -0.2) is 37.6 Å². The first-order valence-corrected chi connectivity index (χ1v) is 9.22. The van der Waals surface area contributed by atoms with Crippen LogP contribution < -0.4 is 0 Å². The second-order valence-corrected chi connectivity index (χ2v) is 7.92. The van der Waals surface area contributed by atoms with Crippen LogP contribution in [0.15, 0.2) is 29.2 Å².